The molecule has 0 fully saturated rings. The number of hydrogen-bond donors (Lipinski definition) is 2. The van der Waals surface area contributed by atoms with Gasteiger partial charge in [-0.05, 0) is 30.8 Å². The van der Waals surface area contributed by atoms with E-state index in [0.29, 0.717) is 5.82 Å². The Balaban J connectivity index is 2.86. The summed E-state index contributed by atoms with van der Waals surface area (Å²) in [5.41, 5.74) is 6.21. The van der Waals surface area contributed by atoms with E-state index in [-0.39, 0.29) is 5.11 Å². The minimum Gasteiger partial charge on any atom is -0.376 e. The molecule has 58 valence electrons. The van der Waals surface area contributed by atoms with E-state index < -0.39 is 0 Å². The molecule has 0 bridgehead atoms. The lowest BCUT2D eigenvalue weighted by Crippen LogP contribution is -2.20. The molecule has 0 atom stereocenters. The van der Waals surface area contributed by atoms with E-state index in [4.69, 9.17) is 5.73 Å². The lowest BCUT2D eigenvalue weighted by atomic mass is 10.3. The number of thiocarbonyl (C=S) groups is 1. The standard InChI is InChI=1S/C6H8N4S/c1-4-2-3-8-10-5(4)9-6(7)11/h2-3H,1H3,(H3,7,9,10,11). The lowest BCUT2D eigenvalue weighted by molar-refractivity contribution is 1.02. The first-order valence-electron chi connectivity index (χ1n) is 3.05. The Hall–Kier alpha value is -1.23. The van der Waals surface area contributed by atoms with Gasteiger partial charge < -0.3 is 11.1 Å². The van der Waals surface area contributed by atoms with E-state index in [0.717, 1.165) is 5.56 Å². The normalized spacial score (nSPS) is 9.18. The second-order valence-corrected chi connectivity index (χ2v) is 2.49. The molecule has 1 heterocycles. The van der Waals surface area contributed by atoms with Gasteiger partial charge in [-0.1, -0.05) is 0 Å². The van der Waals surface area contributed by atoms with Crippen molar-refractivity contribution in [2.45, 2.75) is 6.92 Å². The summed E-state index contributed by atoms with van der Waals surface area (Å²) in [7, 11) is 0. The Morgan fingerprint density at radius 3 is 3.00 bits per heavy atom. The van der Waals surface area contributed by atoms with Gasteiger partial charge in [0.1, 0.15) is 0 Å². The van der Waals surface area contributed by atoms with Crippen molar-refractivity contribution < 1.29 is 0 Å². The van der Waals surface area contributed by atoms with Gasteiger partial charge in [0, 0.05) is 0 Å². The van der Waals surface area contributed by atoms with Crippen LogP contribution < -0.4 is 11.1 Å². The van der Waals surface area contributed by atoms with Gasteiger partial charge in [0.15, 0.2) is 10.9 Å². The van der Waals surface area contributed by atoms with Gasteiger partial charge >= 0.3 is 0 Å². The Kier molecular flexibility index (Phi) is 2.32. The summed E-state index contributed by atoms with van der Waals surface area (Å²) in [4.78, 5) is 0. The first kappa shape index (κ1) is 7.87. The number of anilines is 1. The molecule has 1 rings (SSSR count). The molecule has 1 aromatic rings. The Morgan fingerprint density at radius 2 is 2.45 bits per heavy atom. The minimum atomic E-state index is 0.202. The van der Waals surface area contributed by atoms with Crippen molar-refractivity contribution in [2.24, 2.45) is 5.73 Å². The maximum atomic E-state index is 5.25. The van der Waals surface area contributed by atoms with Crippen LogP contribution in [0.3, 0.4) is 0 Å². The third kappa shape index (κ3) is 2.12. The number of nitrogens with one attached hydrogen (secondary N) is 1. The van der Waals surface area contributed by atoms with Gasteiger partial charge in [0.05, 0.1) is 6.20 Å². The van der Waals surface area contributed by atoms with Crippen molar-refractivity contribution in [1.29, 1.82) is 0 Å². The minimum absolute atomic E-state index is 0.202. The summed E-state index contributed by atoms with van der Waals surface area (Å²) in [6.07, 6.45) is 1.61. The zero-order valence-corrected chi connectivity index (χ0v) is 6.85. The second kappa shape index (κ2) is 3.25. The Labute approximate surface area is 69.8 Å². The topological polar surface area (TPSA) is 63.8 Å². The fraction of sp³-hybridized carbons (Fsp3) is 0.167. The van der Waals surface area contributed by atoms with E-state index in [9.17, 15) is 0 Å². The molecule has 1 aromatic heterocycles. The summed E-state index contributed by atoms with van der Waals surface area (Å²) in [6.45, 7) is 1.90. The first-order valence-corrected chi connectivity index (χ1v) is 3.45. The van der Waals surface area contributed by atoms with E-state index in [1.165, 1.54) is 0 Å². The quantitative estimate of drug-likeness (QED) is 0.596. The van der Waals surface area contributed by atoms with Crippen LogP contribution in [-0.4, -0.2) is 15.3 Å². The molecule has 5 heteroatoms. The SMILES string of the molecule is Cc1ccnnc1NC(N)=S. The van der Waals surface area contributed by atoms with Gasteiger partial charge in [-0.2, -0.15) is 5.10 Å². The van der Waals surface area contributed by atoms with Crippen LogP contribution in [-0.2, 0) is 0 Å². The number of rotatable bonds is 1. The fourth-order valence-electron chi connectivity index (χ4n) is 0.634. The molecule has 0 saturated heterocycles. The molecule has 0 radical (unpaired) electrons. The summed E-state index contributed by atoms with van der Waals surface area (Å²) >= 11 is 4.64. The van der Waals surface area contributed by atoms with Crippen LogP contribution in [0.2, 0.25) is 0 Å². The largest absolute Gasteiger partial charge is 0.376 e. The zero-order chi connectivity index (χ0) is 8.27. The highest BCUT2D eigenvalue weighted by Crippen LogP contribution is 2.06. The highest BCUT2D eigenvalue weighted by molar-refractivity contribution is 7.80. The van der Waals surface area contributed by atoms with Crippen molar-refractivity contribution in [3.63, 3.8) is 0 Å². The van der Waals surface area contributed by atoms with Crippen LogP contribution in [0.25, 0.3) is 0 Å². The zero-order valence-electron chi connectivity index (χ0n) is 6.03. The van der Waals surface area contributed by atoms with E-state index >= 15 is 0 Å². The average Bonchev–Trinajstić information content (AvgIpc) is 1.93. The number of hydrogen-bond acceptors (Lipinski definition) is 3. The Bertz CT molecular complexity index is 273. The third-order valence-electron chi connectivity index (χ3n) is 1.16. The maximum absolute atomic E-state index is 5.25. The maximum Gasteiger partial charge on any atom is 0.169 e. The molecule has 0 aliphatic rings. The fourth-order valence-corrected chi connectivity index (χ4v) is 0.731. The number of nitrogens with two attached hydrogens (primary N) is 1. The molecule has 0 aliphatic carbocycles. The van der Waals surface area contributed by atoms with Crippen LogP contribution in [0.4, 0.5) is 5.82 Å². The molecule has 0 amide bonds. The summed E-state index contributed by atoms with van der Waals surface area (Å²) in [6, 6.07) is 1.83. The van der Waals surface area contributed by atoms with Crippen molar-refractivity contribution in [2.75, 3.05) is 5.32 Å². The second-order valence-electron chi connectivity index (χ2n) is 2.05. The van der Waals surface area contributed by atoms with Gasteiger partial charge in [0.2, 0.25) is 0 Å². The molecular weight excluding hydrogens is 160 g/mol. The smallest absolute Gasteiger partial charge is 0.169 e. The van der Waals surface area contributed by atoms with Gasteiger partial charge in [-0.3, -0.25) is 0 Å². The van der Waals surface area contributed by atoms with E-state index in [1.54, 1.807) is 6.20 Å². The van der Waals surface area contributed by atoms with Crippen LogP contribution >= 0.6 is 12.2 Å². The van der Waals surface area contributed by atoms with Crippen LogP contribution in [0.5, 0.6) is 0 Å². The molecule has 0 saturated carbocycles. The monoisotopic (exact) mass is 168 g/mol. The van der Waals surface area contributed by atoms with Crippen LogP contribution in [0.15, 0.2) is 12.3 Å². The summed E-state index contributed by atoms with van der Waals surface area (Å²) in [5, 5.41) is 10.4. The molecule has 0 unspecified atom stereocenters. The third-order valence-corrected chi connectivity index (χ3v) is 1.27. The molecule has 0 aromatic carbocycles. The average molecular weight is 168 g/mol. The van der Waals surface area contributed by atoms with Crippen molar-refractivity contribution in [3.05, 3.63) is 17.8 Å². The lowest BCUT2D eigenvalue weighted by Gasteiger charge is -2.02. The molecule has 4 nitrogen and oxygen atoms in total. The summed E-state index contributed by atoms with van der Waals surface area (Å²) in [5.74, 6) is 0.611. The highest BCUT2D eigenvalue weighted by atomic mass is 32.1. The van der Waals surface area contributed by atoms with E-state index in [1.807, 2.05) is 13.0 Å². The molecule has 0 aliphatic heterocycles. The summed E-state index contributed by atoms with van der Waals surface area (Å²) < 4.78 is 0. The van der Waals surface area contributed by atoms with Crippen molar-refractivity contribution >= 4 is 23.1 Å². The molecule has 11 heavy (non-hydrogen) atoms. The molecule has 3 N–H and O–H groups in total. The number of nitrogens with zero attached hydrogens (tertiary/aromatic N) is 2. The molecular formula is C6H8N4S. The van der Waals surface area contributed by atoms with Gasteiger partial charge in [-0.25, -0.2) is 0 Å². The van der Waals surface area contributed by atoms with Crippen molar-refractivity contribution in [3.8, 4) is 0 Å². The van der Waals surface area contributed by atoms with Crippen LogP contribution in [0.1, 0.15) is 5.56 Å². The van der Waals surface area contributed by atoms with Crippen molar-refractivity contribution in [1.82, 2.24) is 10.2 Å². The molecule has 0 spiro atoms. The van der Waals surface area contributed by atoms with E-state index in [2.05, 4.69) is 27.7 Å². The number of aryl methyl sites for hydroxylation is 1. The van der Waals surface area contributed by atoms with Gasteiger partial charge in [-0.15, -0.1) is 5.10 Å². The first-order chi connectivity index (χ1) is 5.20. The van der Waals surface area contributed by atoms with Gasteiger partial charge in [0.25, 0.3) is 0 Å². The van der Waals surface area contributed by atoms with Crippen LogP contribution in [0, 0.1) is 6.92 Å². The number of aromatic nitrogens is 2. The highest BCUT2D eigenvalue weighted by Gasteiger charge is 1.97. The predicted molar refractivity (Wildman–Crippen MR) is 47.2 cm³/mol. The predicted octanol–water partition coefficient (Wildman–Crippen LogP) is 0.441. The Morgan fingerprint density at radius 1 is 1.73 bits per heavy atom.